The van der Waals surface area contributed by atoms with Crippen molar-refractivity contribution in [1.29, 1.82) is 0 Å². The lowest BCUT2D eigenvalue weighted by Crippen LogP contribution is -2.56. The molecule has 2 heterocycles. The van der Waals surface area contributed by atoms with Gasteiger partial charge in [0.25, 0.3) is 5.91 Å². The summed E-state index contributed by atoms with van der Waals surface area (Å²) in [5, 5.41) is 9.81. The smallest absolute Gasteiger partial charge is 0.357 e. The molecule has 1 N–H and O–H groups in total. The molecular formula is C28H31N3O3S. The van der Waals surface area contributed by atoms with E-state index < -0.39 is 5.97 Å². The van der Waals surface area contributed by atoms with E-state index in [-0.39, 0.29) is 24.0 Å². The molecule has 0 spiro atoms. The van der Waals surface area contributed by atoms with Crippen LogP contribution in [0.5, 0.6) is 0 Å². The highest BCUT2D eigenvalue weighted by Gasteiger charge is 2.53. The fourth-order valence-electron chi connectivity index (χ4n) is 7.19. The zero-order chi connectivity index (χ0) is 24.0. The van der Waals surface area contributed by atoms with Gasteiger partial charge in [0.05, 0.1) is 10.6 Å². The third kappa shape index (κ3) is 4.31. The molecule has 35 heavy (non-hydrogen) atoms. The zero-order valence-electron chi connectivity index (χ0n) is 20.0. The second-order valence-corrected chi connectivity index (χ2v) is 11.7. The van der Waals surface area contributed by atoms with Crippen molar-refractivity contribution in [2.45, 2.75) is 51.5 Å². The molecule has 4 saturated carbocycles. The lowest BCUT2D eigenvalue weighted by molar-refractivity contribution is -0.128. The number of benzene rings is 1. The van der Waals surface area contributed by atoms with Gasteiger partial charge in [0.15, 0.2) is 12.3 Å². The molecule has 0 aliphatic heterocycles. The summed E-state index contributed by atoms with van der Waals surface area (Å²) in [4.78, 5) is 26.9. The standard InChI is InChI=1S/C28H31N3O3S/c1-18(28-14-19-10-20(15-28)12-21(11-19)16-28)29-26(32)17-34-27(33)24-13-23(25-8-5-9-35-25)30-31(24)22-6-3-2-4-7-22/h2-9,13,18-21H,10-12,14-17H2,1H3,(H,29,32)/t18-,19?,20?,21?,28?/m1/s1. The molecule has 4 fully saturated rings. The van der Waals surface area contributed by atoms with E-state index in [9.17, 15) is 9.59 Å². The Bertz CT molecular complexity index is 1180. The highest BCUT2D eigenvalue weighted by Crippen LogP contribution is 2.61. The maximum atomic E-state index is 13.1. The van der Waals surface area contributed by atoms with Gasteiger partial charge in [-0.2, -0.15) is 5.10 Å². The largest absolute Gasteiger partial charge is 0.451 e. The van der Waals surface area contributed by atoms with E-state index in [1.165, 1.54) is 38.5 Å². The molecule has 4 aliphatic rings. The van der Waals surface area contributed by atoms with E-state index in [2.05, 4.69) is 17.3 Å². The Morgan fingerprint density at radius 1 is 1.09 bits per heavy atom. The third-order valence-corrected chi connectivity index (χ3v) is 9.30. The SMILES string of the molecule is C[C@@H](NC(=O)COC(=O)c1cc(-c2cccs2)nn1-c1ccccc1)C12CC3CC(CC(C3)C1)C2. The summed E-state index contributed by atoms with van der Waals surface area (Å²) in [5.74, 6) is 1.70. The summed E-state index contributed by atoms with van der Waals surface area (Å²) in [6.45, 7) is 1.86. The molecule has 7 heteroatoms. The Balaban J connectivity index is 1.13. The molecule has 4 aliphatic carbocycles. The van der Waals surface area contributed by atoms with Gasteiger partial charge >= 0.3 is 5.97 Å². The van der Waals surface area contributed by atoms with E-state index in [4.69, 9.17) is 4.74 Å². The fraction of sp³-hybridized carbons (Fsp3) is 0.464. The third-order valence-electron chi connectivity index (χ3n) is 8.41. The predicted molar refractivity (Wildman–Crippen MR) is 135 cm³/mol. The Labute approximate surface area is 209 Å². The van der Waals surface area contributed by atoms with Crippen LogP contribution in [0.4, 0.5) is 0 Å². The second kappa shape index (κ2) is 8.94. The number of hydrogen-bond donors (Lipinski definition) is 1. The average molecular weight is 490 g/mol. The van der Waals surface area contributed by atoms with Crippen molar-refractivity contribution in [1.82, 2.24) is 15.1 Å². The van der Waals surface area contributed by atoms with Crippen molar-refractivity contribution >= 4 is 23.2 Å². The van der Waals surface area contributed by atoms with Crippen LogP contribution >= 0.6 is 11.3 Å². The van der Waals surface area contributed by atoms with E-state index in [0.717, 1.165) is 28.3 Å². The topological polar surface area (TPSA) is 73.2 Å². The van der Waals surface area contributed by atoms with Crippen molar-refractivity contribution in [3.63, 3.8) is 0 Å². The number of thiophene rings is 1. The molecule has 2 aromatic heterocycles. The molecule has 7 rings (SSSR count). The van der Waals surface area contributed by atoms with E-state index in [1.54, 1.807) is 22.1 Å². The summed E-state index contributed by atoms with van der Waals surface area (Å²) in [6.07, 6.45) is 7.80. The van der Waals surface area contributed by atoms with E-state index >= 15 is 0 Å². The molecule has 3 aromatic rings. The van der Waals surface area contributed by atoms with Gasteiger partial charge in [-0.15, -0.1) is 11.3 Å². The Morgan fingerprint density at radius 3 is 2.40 bits per heavy atom. The number of carbonyl (C=O) groups is 2. The molecule has 182 valence electrons. The minimum atomic E-state index is -0.554. The van der Waals surface area contributed by atoms with Gasteiger partial charge in [-0.3, -0.25) is 4.79 Å². The number of nitrogens with one attached hydrogen (secondary N) is 1. The van der Waals surface area contributed by atoms with Crippen LogP contribution in [0.3, 0.4) is 0 Å². The van der Waals surface area contributed by atoms with Crippen molar-refractivity contribution in [3.8, 4) is 16.3 Å². The number of rotatable bonds is 7. The second-order valence-electron chi connectivity index (χ2n) is 10.8. The fourth-order valence-corrected chi connectivity index (χ4v) is 7.87. The summed E-state index contributed by atoms with van der Waals surface area (Å²) in [6, 6.07) is 15.3. The molecule has 6 nitrogen and oxygen atoms in total. The van der Waals surface area contributed by atoms with Crippen LogP contribution in [0.1, 0.15) is 55.9 Å². The lowest BCUT2D eigenvalue weighted by Gasteiger charge is -2.59. The van der Waals surface area contributed by atoms with Crippen molar-refractivity contribution in [2.75, 3.05) is 6.61 Å². The molecule has 1 atom stereocenters. The molecular weight excluding hydrogens is 458 g/mol. The van der Waals surface area contributed by atoms with Gasteiger partial charge in [-0.1, -0.05) is 24.3 Å². The number of amides is 1. The normalized spacial score (nSPS) is 27.5. The van der Waals surface area contributed by atoms with Crippen LogP contribution in [-0.4, -0.2) is 34.3 Å². The number of carbonyl (C=O) groups excluding carboxylic acids is 2. The minimum absolute atomic E-state index is 0.0994. The molecule has 0 unspecified atom stereocenters. The van der Waals surface area contributed by atoms with Crippen LogP contribution < -0.4 is 5.32 Å². The molecule has 1 aromatic carbocycles. The number of aromatic nitrogens is 2. The molecule has 4 bridgehead atoms. The van der Waals surface area contributed by atoms with Crippen LogP contribution in [-0.2, 0) is 9.53 Å². The number of nitrogens with zero attached hydrogens (tertiary/aromatic N) is 2. The number of ether oxygens (including phenoxy) is 1. The van der Waals surface area contributed by atoms with Crippen molar-refractivity contribution < 1.29 is 14.3 Å². The first-order valence-electron chi connectivity index (χ1n) is 12.6. The average Bonchev–Trinajstić information content (AvgIpc) is 3.52. The molecule has 0 saturated heterocycles. The first-order chi connectivity index (χ1) is 17.0. The van der Waals surface area contributed by atoms with Crippen LogP contribution in [0.15, 0.2) is 53.9 Å². The first-order valence-corrected chi connectivity index (χ1v) is 13.5. The highest BCUT2D eigenvalue weighted by molar-refractivity contribution is 7.13. The number of para-hydroxylation sites is 1. The maximum absolute atomic E-state index is 13.1. The van der Waals surface area contributed by atoms with Crippen LogP contribution in [0, 0.1) is 23.2 Å². The van der Waals surface area contributed by atoms with Gasteiger partial charge < -0.3 is 10.1 Å². The van der Waals surface area contributed by atoms with E-state index in [1.807, 2.05) is 47.8 Å². The van der Waals surface area contributed by atoms with Gasteiger partial charge in [-0.05, 0) is 92.2 Å². The quantitative estimate of drug-likeness (QED) is 0.446. The van der Waals surface area contributed by atoms with Gasteiger partial charge in [0.1, 0.15) is 5.69 Å². The molecule has 1 amide bonds. The monoisotopic (exact) mass is 489 g/mol. The Hall–Kier alpha value is -2.93. The van der Waals surface area contributed by atoms with Gasteiger partial charge in [0, 0.05) is 12.1 Å². The number of esters is 1. The van der Waals surface area contributed by atoms with Crippen molar-refractivity contribution in [2.24, 2.45) is 23.2 Å². The van der Waals surface area contributed by atoms with Crippen molar-refractivity contribution in [3.05, 3.63) is 59.6 Å². The Kier molecular flexibility index (Phi) is 5.75. The van der Waals surface area contributed by atoms with E-state index in [0.29, 0.717) is 11.4 Å². The molecule has 0 radical (unpaired) electrons. The van der Waals surface area contributed by atoms with Gasteiger partial charge in [0.2, 0.25) is 0 Å². The summed E-state index contributed by atoms with van der Waals surface area (Å²) < 4.78 is 7.08. The van der Waals surface area contributed by atoms with Crippen LogP contribution in [0.2, 0.25) is 0 Å². The summed E-state index contributed by atoms with van der Waals surface area (Å²) in [7, 11) is 0. The summed E-state index contributed by atoms with van der Waals surface area (Å²) in [5.41, 5.74) is 2.00. The lowest BCUT2D eigenvalue weighted by atomic mass is 9.48. The highest BCUT2D eigenvalue weighted by atomic mass is 32.1. The minimum Gasteiger partial charge on any atom is -0.451 e. The maximum Gasteiger partial charge on any atom is 0.357 e. The number of hydrogen-bond acceptors (Lipinski definition) is 5. The first kappa shape index (κ1) is 22.5. The predicted octanol–water partition coefficient (Wildman–Crippen LogP) is 5.48. The zero-order valence-corrected chi connectivity index (χ0v) is 20.8. The Morgan fingerprint density at radius 2 is 1.77 bits per heavy atom. The van der Waals surface area contributed by atoms with Crippen LogP contribution in [0.25, 0.3) is 16.3 Å². The van der Waals surface area contributed by atoms with Gasteiger partial charge in [-0.25, -0.2) is 9.48 Å². The summed E-state index contributed by atoms with van der Waals surface area (Å²) >= 11 is 1.56.